The minimum absolute atomic E-state index is 0.371. The molecule has 0 radical (unpaired) electrons. The monoisotopic (exact) mass is 390 g/mol. The van der Waals surface area contributed by atoms with E-state index in [-0.39, 0.29) is 6.54 Å². The summed E-state index contributed by atoms with van der Waals surface area (Å²) >= 11 is 0. The summed E-state index contributed by atoms with van der Waals surface area (Å²) in [6.07, 6.45) is -3.45. The lowest BCUT2D eigenvalue weighted by molar-refractivity contribution is -0.141. The van der Waals surface area contributed by atoms with Crippen LogP contribution in [0.4, 0.5) is 13.2 Å². The van der Waals surface area contributed by atoms with E-state index < -0.39 is 17.8 Å². The zero-order chi connectivity index (χ0) is 20.3. The van der Waals surface area contributed by atoms with Gasteiger partial charge in [-0.25, -0.2) is 5.43 Å². The summed E-state index contributed by atoms with van der Waals surface area (Å²) in [6, 6.07) is 12.2. The van der Waals surface area contributed by atoms with E-state index in [1.165, 1.54) is 0 Å². The molecule has 1 heterocycles. The van der Waals surface area contributed by atoms with Gasteiger partial charge in [0.25, 0.3) is 5.91 Å². The molecule has 146 valence electrons. The van der Waals surface area contributed by atoms with Gasteiger partial charge < -0.3 is 4.74 Å². The van der Waals surface area contributed by atoms with Crippen molar-refractivity contribution in [3.63, 3.8) is 0 Å². The molecule has 1 N–H and O–H groups in total. The number of methoxy groups -OCH3 is 1. The van der Waals surface area contributed by atoms with Gasteiger partial charge in [-0.15, -0.1) is 0 Å². The zero-order valence-electron chi connectivity index (χ0n) is 15.1. The average molecular weight is 390 g/mol. The first-order chi connectivity index (χ1) is 13.3. The molecule has 0 aliphatic heterocycles. The number of carbonyl (C=O) groups is 1. The molecule has 28 heavy (non-hydrogen) atoms. The molecule has 0 atom stereocenters. The van der Waals surface area contributed by atoms with Crippen LogP contribution in [-0.4, -0.2) is 28.5 Å². The van der Waals surface area contributed by atoms with Crippen molar-refractivity contribution in [1.82, 2.24) is 15.2 Å². The third-order valence-electron chi connectivity index (χ3n) is 4.05. The van der Waals surface area contributed by atoms with Crippen LogP contribution in [0.2, 0.25) is 0 Å². The topological polar surface area (TPSA) is 68.5 Å². The van der Waals surface area contributed by atoms with Crippen LogP contribution < -0.4 is 10.2 Å². The second-order valence-corrected chi connectivity index (χ2v) is 6.06. The Labute approximate surface area is 158 Å². The zero-order valence-corrected chi connectivity index (χ0v) is 15.1. The van der Waals surface area contributed by atoms with E-state index in [0.717, 1.165) is 39.0 Å². The van der Waals surface area contributed by atoms with Gasteiger partial charge in [-0.1, -0.05) is 18.2 Å². The van der Waals surface area contributed by atoms with E-state index in [2.05, 4.69) is 15.6 Å². The number of ether oxygens (including phenoxy) is 1. The van der Waals surface area contributed by atoms with E-state index in [9.17, 15) is 18.0 Å². The molecule has 6 nitrogen and oxygen atoms in total. The first kappa shape index (κ1) is 19.4. The number of alkyl halides is 3. The predicted molar refractivity (Wildman–Crippen MR) is 98.1 cm³/mol. The lowest BCUT2D eigenvalue weighted by Crippen LogP contribution is -2.24. The maximum Gasteiger partial charge on any atom is 0.435 e. The quantitative estimate of drug-likeness (QED) is 0.535. The van der Waals surface area contributed by atoms with Crippen LogP contribution in [0.25, 0.3) is 10.8 Å². The largest absolute Gasteiger partial charge is 0.497 e. The van der Waals surface area contributed by atoms with Gasteiger partial charge in [0.1, 0.15) is 12.3 Å². The van der Waals surface area contributed by atoms with Gasteiger partial charge in [0, 0.05) is 6.20 Å². The van der Waals surface area contributed by atoms with Crippen LogP contribution in [0.1, 0.15) is 18.2 Å². The number of fused-ring (bicyclic) bond motifs is 1. The van der Waals surface area contributed by atoms with Crippen LogP contribution in [0, 0.1) is 0 Å². The van der Waals surface area contributed by atoms with Crippen molar-refractivity contribution in [3.8, 4) is 5.75 Å². The summed E-state index contributed by atoms with van der Waals surface area (Å²) in [5.41, 5.74) is 2.64. The highest BCUT2D eigenvalue weighted by Gasteiger charge is 2.33. The Kier molecular flexibility index (Phi) is 5.34. The Balaban J connectivity index is 1.67. The van der Waals surface area contributed by atoms with E-state index in [4.69, 9.17) is 4.74 Å². The average Bonchev–Trinajstić information content (AvgIpc) is 3.14. The standard InChI is InChI=1S/C19H17F3N4O2/c1-12(13-3-4-15-10-16(28-2)6-5-14(15)9-13)23-24-18(27)11-26-8-7-17(25-26)19(20,21)22/h3-10H,11H2,1-2H3,(H,24,27)/b23-12+. The summed E-state index contributed by atoms with van der Waals surface area (Å²) in [4.78, 5) is 11.9. The molecule has 0 unspecified atom stereocenters. The van der Waals surface area contributed by atoms with E-state index in [0.29, 0.717) is 5.71 Å². The summed E-state index contributed by atoms with van der Waals surface area (Å²) in [5.74, 6) is 0.173. The van der Waals surface area contributed by atoms with Gasteiger partial charge in [-0.2, -0.15) is 23.4 Å². The fourth-order valence-corrected chi connectivity index (χ4v) is 2.57. The highest BCUT2D eigenvalue weighted by atomic mass is 19.4. The van der Waals surface area contributed by atoms with E-state index in [1.807, 2.05) is 36.4 Å². The van der Waals surface area contributed by atoms with Crippen LogP contribution in [0.15, 0.2) is 53.8 Å². The van der Waals surface area contributed by atoms with E-state index in [1.54, 1.807) is 14.0 Å². The number of hydrogen-bond donors (Lipinski definition) is 1. The number of carbonyl (C=O) groups excluding carboxylic acids is 1. The summed E-state index contributed by atoms with van der Waals surface area (Å²) in [5, 5.41) is 9.32. The lowest BCUT2D eigenvalue weighted by atomic mass is 10.0. The van der Waals surface area contributed by atoms with Gasteiger partial charge in [-0.05, 0) is 47.5 Å². The number of rotatable bonds is 5. The molecule has 1 amide bonds. The first-order valence-electron chi connectivity index (χ1n) is 8.28. The maximum absolute atomic E-state index is 12.5. The Morgan fingerprint density at radius 2 is 1.89 bits per heavy atom. The van der Waals surface area contributed by atoms with Crippen molar-refractivity contribution in [1.29, 1.82) is 0 Å². The van der Waals surface area contributed by atoms with Crippen molar-refractivity contribution in [2.24, 2.45) is 5.10 Å². The fraction of sp³-hybridized carbons (Fsp3) is 0.211. The molecule has 0 aliphatic carbocycles. The van der Waals surface area contributed by atoms with Gasteiger partial charge in [0.15, 0.2) is 5.69 Å². The second kappa shape index (κ2) is 7.71. The summed E-state index contributed by atoms with van der Waals surface area (Å²) in [7, 11) is 1.60. The number of hydrazone groups is 1. The second-order valence-electron chi connectivity index (χ2n) is 6.06. The Bertz CT molecular complexity index is 1040. The first-order valence-corrected chi connectivity index (χ1v) is 8.28. The van der Waals surface area contributed by atoms with Crippen molar-refractivity contribution >= 4 is 22.4 Å². The highest BCUT2D eigenvalue weighted by Crippen LogP contribution is 2.27. The molecule has 0 fully saturated rings. The number of hydrogen-bond acceptors (Lipinski definition) is 4. The normalized spacial score (nSPS) is 12.2. The molecule has 0 saturated carbocycles. The maximum atomic E-state index is 12.5. The Morgan fingerprint density at radius 3 is 2.57 bits per heavy atom. The number of benzene rings is 2. The Hall–Kier alpha value is -3.36. The summed E-state index contributed by atoms with van der Waals surface area (Å²) < 4.78 is 43.7. The molecule has 3 rings (SSSR count). The minimum atomic E-state index is -4.55. The molecule has 9 heteroatoms. The molecule has 0 bridgehead atoms. The molecule has 0 spiro atoms. The fourth-order valence-electron chi connectivity index (χ4n) is 2.57. The molecule has 0 saturated heterocycles. The number of aromatic nitrogens is 2. The Morgan fingerprint density at radius 1 is 1.18 bits per heavy atom. The molecule has 2 aromatic carbocycles. The highest BCUT2D eigenvalue weighted by molar-refractivity contribution is 6.02. The van der Waals surface area contributed by atoms with Gasteiger partial charge in [-0.3, -0.25) is 9.48 Å². The van der Waals surface area contributed by atoms with Crippen molar-refractivity contribution in [2.75, 3.05) is 7.11 Å². The number of halogens is 3. The third kappa shape index (κ3) is 4.48. The minimum Gasteiger partial charge on any atom is -0.497 e. The van der Waals surface area contributed by atoms with Crippen LogP contribution in [0.3, 0.4) is 0 Å². The molecule has 3 aromatic rings. The third-order valence-corrected chi connectivity index (χ3v) is 4.05. The van der Waals surface area contributed by atoms with Gasteiger partial charge in [0.2, 0.25) is 0 Å². The number of nitrogens with one attached hydrogen (secondary N) is 1. The van der Waals surface area contributed by atoms with Gasteiger partial charge >= 0.3 is 6.18 Å². The van der Waals surface area contributed by atoms with Crippen molar-refractivity contribution in [2.45, 2.75) is 19.6 Å². The van der Waals surface area contributed by atoms with E-state index >= 15 is 0 Å². The van der Waals surface area contributed by atoms with Crippen LogP contribution in [-0.2, 0) is 17.5 Å². The lowest BCUT2D eigenvalue weighted by Gasteiger charge is -2.06. The van der Waals surface area contributed by atoms with Gasteiger partial charge in [0.05, 0.1) is 12.8 Å². The van der Waals surface area contributed by atoms with Crippen LogP contribution >= 0.6 is 0 Å². The smallest absolute Gasteiger partial charge is 0.435 e. The molecule has 1 aromatic heterocycles. The summed E-state index contributed by atoms with van der Waals surface area (Å²) in [6.45, 7) is 1.35. The van der Waals surface area contributed by atoms with Crippen molar-refractivity contribution < 1.29 is 22.7 Å². The van der Waals surface area contributed by atoms with Crippen molar-refractivity contribution in [3.05, 3.63) is 59.9 Å². The molecule has 0 aliphatic rings. The molecular formula is C19H17F3N4O2. The number of amides is 1. The molecular weight excluding hydrogens is 373 g/mol. The predicted octanol–water partition coefficient (Wildman–Crippen LogP) is 3.60. The van der Waals surface area contributed by atoms with Crippen LogP contribution in [0.5, 0.6) is 5.75 Å². The SMILES string of the molecule is COc1ccc2cc(/C(C)=N/NC(=O)Cn3ccc(C(F)(F)F)n3)ccc2c1. The number of nitrogens with zero attached hydrogens (tertiary/aromatic N) is 3.